The summed E-state index contributed by atoms with van der Waals surface area (Å²) in [7, 11) is 1.58. The Morgan fingerprint density at radius 2 is 2.15 bits per heavy atom. The lowest BCUT2D eigenvalue weighted by Crippen LogP contribution is -2.41. The molecule has 0 spiro atoms. The molecule has 26 heavy (non-hydrogen) atoms. The van der Waals surface area contributed by atoms with E-state index in [1.165, 1.54) is 4.90 Å². The number of nitrogens with zero attached hydrogens (tertiary/aromatic N) is 3. The molecule has 140 valence electrons. The van der Waals surface area contributed by atoms with Crippen molar-refractivity contribution in [3.63, 3.8) is 0 Å². The third-order valence-electron chi connectivity index (χ3n) is 4.41. The molecule has 1 fully saturated rings. The van der Waals surface area contributed by atoms with Crippen molar-refractivity contribution in [3.05, 3.63) is 41.6 Å². The number of rotatable bonds is 4. The Morgan fingerprint density at radius 1 is 1.35 bits per heavy atom. The van der Waals surface area contributed by atoms with Crippen LogP contribution in [0.25, 0.3) is 0 Å². The van der Waals surface area contributed by atoms with E-state index in [1.807, 2.05) is 12.1 Å². The van der Waals surface area contributed by atoms with Gasteiger partial charge in [-0.1, -0.05) is 6.07 Å². The van der Waals surface area contributed by atoms with E-state index in [1.54, 1.807) is 31.3 Å². The van der Waals surface area contributed by atoms with Crippen LogP contribution < -0.4 is 0 Å². The molecule has 8 heteroatoms. The number of pyridine rings is 1. The first-order chi connectivity index (χ1) is 12.6. The number of amides is 2. The Morgan fingerprint density at radius 3 is 2.85 bits per heavy atom. The molecule has 0 aromatic carbocycles. The van der Waals surface area contributed by atoms with E-state index in [-0.39, 0.29) is 30.2 Å². The molecule has 2 aliphatic rings. The van der Waals surface area contributed by atoms with Gasteiger partial charge in [0.15, 0.2) is 0 Å². The lowest BCUT2D eigenvalue weighted by Gasteiger charge is -2.26. The standard InChI is InChI=1S/C18H23N3O5/c1-13-17(26-7-6-25-13)18(23)21-11-15(24-2)10-20(16(22)12-21)9-14-4-3-5-19-8-14/h3-5,8,15H,6-7,9-12H2,1-2H3/t15-/m0/s1. The largest absolute Gasteiger partial charge is 0.491 e. The summed E-state index contributed by atoms with van der Waals surface area (Å²) in [4.78, 5) is 32.8. The van der Waals surface area contributed by atoms with Gasteiger partial charge < -0.3 is 24.0 Å². The molecule has 0 aliphatic carbocycles. The van der Waals surface area contributed by atoms with Crippen molar-refractivity contribution >= 4 is 11.8 Å². The number of ether oxygens (including phenoxy) is 3. The maximum atomic E-state index is 12.8. The molecular weight excluding hydrogens is 338 g/mol. The number of allylic oxidation sites excluding steroid dienone is 1. The minimum Gasteiger partial charge on any atom is -0.491 e. The Kier molecular flexibility index (Phi) is 5.72. The number of carbonyl (C=O) groups excluding carboxylic acids is 2. The monoisotopic (exact) mass is 361 g/mol. The van der Waals surface area contributed by atoms with Gasteiger partial charge in [-0.05, 0) is 18.6 Å². The molecule has 0 N–H and O–H groups in total. The van der Waals surface area contributed by atoms with Crippen LogP contribution in [0.4, 0.5) is 0 Å². The number of aromatic nitrogens is 1. The number of methoxy groups -OCH3 is 1. The average Bonchev–Trinajstić information content (AvgIpc) is 2.81. The highest BCUT2D eigenvalue weighted by molar-refractivity contribution is 5.95. The topological polar surface area (TPSA) is 81.2 Å². The van der Waals surface area contributed by atoms with Gasteiger partial charge in [0, 0.05) is 39.1 Å². The van der Waals surface area contributed by atoms with Crippen LogP contribution in [0.1, 0.15) is 12.5 Å². The van der Waals surface area contributed by atoms with Gasteiger partial charge >= 0.3 is 0 Å². The second-order valence-electron chi connectivity index (χ2n) is 6.26. The van der Waals surface area contributed by atoms with E-state index in [2.05, 4.69) is 4.98 Å². The van der Waals surface area contributed by atoms with E-state index in [4.69, 9.17) is 14.2 Å². The van der Waals surface area contributed by atoms with Crippen molar-refractivity contribution in [3.8, 4) is 0 Å². The van der Waals surface area contributed by atoms with Gasteiger partial charge in [0.1, 0.15) is 25.5 Å². The van der Waals surface area contributed by atoms with Gasteiger partial charge in [-0.15, -0.1) is 0 Å². The average molecular weight is 361 g/mol. The molecule has 0 radical (unpaired) electrons. The maximum absolute atomic E-state index is 12.8. The SMILES string of the molecule is CO[C@H]1CN(Cc2cccnc2)C(=O)CN(C(=O)C2=C(C)OCCO2)C1. The summed E-state index contributed by atoms with van der Waals surface area (Å²) in [6.45, 7) is 3.54. The van der Waals surface area contributed by atoms with Gasteiger partial charge in [-0.25, -0.2) is 0 Å². The Balaban J connectivity index is 1.76. The van der Waals surface area contributed by atoms with Crippen molar-refractivity contribution in [2.24, 2.45) is 0 Å². The first-order valence-corrected chi connectivity index (χ1v) is 8.53. The van der Waals surface area contributed by atoms with Gasteiger partial charge in [-0.2, -0.15) is 0 Å². The van der Waals surface area contributed by atoms with Crippen LogP contribution in [0.3, 0.4) is 0 Å². The molecule has 3 heterocycles. The quantitative estimate of drug-likeness (QED) is 0.779. The van der Waals surface area contributed by atoms with Gasteiger partial charge in [0.25, 0.3) is 5.91 Å². The normalized spacial score (nSPS) is 21.2. The predicted molar refractivity (Wildman–Crippen MR) is 91.6 cm³/mol. The molecular formula is C18H23N3O5. The Bertz CT molecular complexity index is 691. The summed E-state index contributed by atoms with van der Waals surface area (Å²) in [5.74, 6) is 0.122. The summed E-state index contributed by atoms with van der Waals surface area (Å²) in [6, 6.07) is 3.74. The van der Waals surface area contributed by atoms with E-state index >= 15 is 0 Å². The molecule has 8 nitrogen and oxygen atoms in total. The molecule has 3 rings (SSSR count). The number of hydrogen-bond donors (Lipinski definition) is 0. The van der Waals surface area contributed by atoms with Crippen LogP contribution in [-0.4, -0.2) is 72.7 Å². The second-order valence-corrected chi connectivity index (χ2v) is 6.26. The van der Waals surface area contributed by atoms with Crippen LogP contribution in [0.15, 0.2) is 36.0 Å². The maximum Gasteiger partial charge on any atom is 0.293 e. The first kappa shape index (κ1) is 18.2. The van der Waals surface area contributed by atoms with Gasteiger partial charge in [0.05, 0.1) is 6.10 Å². The molecule has 0 unspecified atom stereocenters. The molecule has 1 aromatic heterocycles. The fourth-order valence-corrected chi connectivity index (χ4v) is 3.01. The fraction of sp³-hybridized carbons (Fsp3) is 0.500. The van der Waals surface area contributed by atoms with E-state index in [0.717, 1.165) is 5.56 Å². The van der Waals surface area contributed by atoms with Crippen LogP contribution >= 0.6 is 0 Å². The first-order valence-electron chi connectivity index (χ1n) is 8.53. The Labute approximate surface area is 152 Å². The molecule has 2 amide bonds. The minimum absolute atomic E-state index is 0.0287. The fourth-order valence-electron chi connectivity index (χ4n) is 3.01. The summed E-state index contributed by atoms with van der Waals surface area (Å²) >= 11 is 0. The summed E-state index contributed by atoms with van der Waals surface area (Å²) in [5, 5.41) is 0. The number of carbonyl (C=O) groups is 2. The highest BCUT2D eigenvalue weighted by Gasteiger charge is 2.33. The van der Waals surface area contributed by atoms with Crippen molar-refractivity contribution in [1.29, 1.82) is 0 Å². The van der Waals surface area contributed by atoms with Crippen molar-refractivity contribution in [1.82, 2.24) is 14.8 Å². The zero-order valence-corrected chi connectivity index (χ0v) is 15.0. The number of hydrogen-bond acceptors (Lipinski definition) is 6. The zero-order valence-electron chi connectivity index (χ0n) is 15.0. The van der Waals surface area contributed by atoms with Crippen molar-refractivity contribution in [2.75, 3.05) is 40.0 Å². The lowest BCUT2D eigenvalue weighted by atomic mass is 10.2. The predicted octanol–water partition coefficient (Wildman–Crippen LogP) is 0.546. The second kappa shape index (κ2) is 8.18. The molecule has 0 saturated carbocycles. The summed E-state index contributed by atoms with van der Waals surface area (Å²) < 4.78 is 16.3. The summed E-state index contributed by atoms with van der Waals surface area (Å²) in [6.07, 6.45) is 3.13. The molecule has 1 aromatic rings. The molecule has 2 aliphatic heterocycles. The van der Waals surface area contributed by atoms with Gasteiger partial charge in [0.2, 0.25) is 11.7 Å². The molecule has 0 bridgehead atoms. The summed E-state index contributed by atoms with van der Waals surface area (Å²) in [5.41, 5.74) is 0.929. The van der Waals surface area contributed by atoms with E-state index in [0.29, 0.717) is 38.6 Å². The van der Waals surface area contributed by atoms with E-state index in [9.17, 15) is 9.59 Å². The van der Waals surface area contributed by atoms with Crippen LogP contribution in [0.5, 0.6) is 0 Å². The highest BCUT2D eigenvalue weighted by Crippen LogP contribution is 2.18. The van der Waals surface area contributed by atoms with Crippen LogP contribution in [-0.2, 0) is 30.3 Å². The van der Waals surface area contributed by atoms with Crippen molar-refractivity contribution < 1.29 is 23.8 Å². The third-order valence-corrected chi connectivity index (χ3v) is 4.41. The smallest absolute Gasteiger partial charge is 0.293 e. The zero-order chi connectivity index (χ0) is 18.5. The Hall–Kier alpha value is -2.61. The lowest BCUT2D eigenvalue weighted by molar-refractivity contribution is -0.139. The van der Waals surface area contributed by atoms with E-state index < -0.39 is 0 Å². The minimum atomic E-state index is -0.346. The van der Waals surface area contributed by atoms with Gasteiger partial charge in [-0.3, -0.25) is 14.6 Å². The van der Waals surface area contributed by atoms with Crippen LogP contribution in [0, 0.1) is 0 Å². The van der Waals surface area contributed by atoms with Crippen LogP contribution in [0.2, 0.25) is 0 Å². The van der Waals surface area contributed by atoms with Crippen molar-refractivity contribution in [2.45, 2.75) is 19.6 Å². The third kappa shape index (κ3) is 4.13. The highest BCUT2D eigenvalue weighted by atomic mass is 16.6. The molecule has 1 atom stereocenters. The molecule has 1 saturated heterocycles.